The summed E-state index contributed by atoms with van der Waals surface area (Å²) in [7, 11) is 0. The maximum atomic E-state index is 4.36. The van der Waals surface area contributed by atoms with Crippen molar-refractivity contribution in [2.45, 2.75) is 19.5 Å². The Hall–Kier alpha value is -1.57. The number of nitrogens with zero attached hydrogens (tertiary/aromatic N) is 1. The summed E-state index contributed by atoms with van der Waals surface area (Å²) in [5.74, 6) is 0. The molecular weight excluding hydrogens is 172 g/mol. The van der Waals surface area contributed by atoms with Crippen LogP contribution in [0.15, 0.2) is 34.8 Å². The minimum Gasteiger partial charge on any atom is -0.363 e. The van der Waals surface area contributed by atoms with Gasteiger partial charge < -0.3 is 5.32 Å². The van der Waals surface area contributed by atoms with Gasteiger partial charge in [0.05, 0.1) is 0 Å². The van der Waals surface area contributed by atoms with Gasteiger partial charge in [-0.3, -0.25) is 4.99 Å². The number of hydrogen-bond acceptors (Lipinski definition) is 2. The van der Waals surface area contributed by atoms with Crippen LogP contribution in [0.25, 0.3) is 5.70 Å². The van der Waals surface area contributed by atoms with Crippen LogP contribution in [0.5, 0.6) is 0 Å². The van der Waals surface area contributed by atoms with Gasteiger partial charge in [0.15, 0.2) is 0 Å². The highest BCUT2D eigenvalue weighted by Gasteiger charge is 2.23. The SMILES string of the molecule is CC1N=CC2=C(N1)c1ccccc1C2. The van der Waals surface area contributed by atoms with Crippen molar-refractivity contribution in [3.63, 3.8) is 0 Å². The molecule has 1 aromatic carbocycles. The van der Waals surface area contributed by atoms with Crippen LogP contribution in [0.2, 0.25) is 0 Å². The standard InChI is InChI=1S/C12H12N2/c1-8-13-7-10-6-9-4-2-3-5-11(9)12(10)14-8/h2-5,7-8,14H,6H2,1H3. The molecule has 1 heterocycles. The summed E-state index contributed by atoms with van der Waals surface area (Å²) >= 11 is 0. The van der Waals surface area contributed by atoms with Gasteiger partial charge in [-0.2, -0.15) is 0 Å². The Kier molecular flexibility index (Phi) is 1.51. The second-order valence-electron chi connectivity index (χ2n) is 3.83. The van der Waals surface area contributed by atoms with Gasteiger partial charge in [-0.25, -0.2) is 0 Å². The zero-order valence-corrected chi connectivity index (χ0v) is 8.12. The third kappa shape index (κ3) is 1.00. The first kappa shape index (κ1) is 7.80. The lowest BCUT2D eigenvalue weighted by atomic mass is 10.1. The van der Waals surface area contributed by atoms with Crippen molar-refractivity contribution in [3.8, 4) is 0 Å². The predicted octanol–water partition coefficient (Wildman–Crippen LogP) is 1.97. The molecule has 1 atom stereocenters. The van der Waals surface area contributed by atoms with Crippen molar-refractivity contribution >= 4 is 11.9 Å². The Morgan fingerprint density at radius 2 is 2.21 bits per heavy atom. The molecule has 14 heavy (non-hydrogen) atoms. The van der Waals surface area contributed by atoms with E-state index in [9.17, 15) is 0 Å². The smallest absolute Gasteiger partial charge is 0.115 e. The van der Waals surface area contributed by atoms with Crippen LogP contribution in [-0.4, -0.2) is 12.4 Å². The molecule has 1 aromatic rings. The molecule has 0 bridgehead atoms. The normalized spacial score (nSPS) is 23.1. The van der Waals surface area contributed by atoms with Gasteiger partial charge in [0.1, 0.15) is 6.17 Å². The molecule has 0 saturated carbocycles. The molecule has 0 fully saturated rings. The Morgan fingerprint density at radius 1 is 1.36 bits per heavy atom. The van der Waals surface area contributed by atoms with E-state index in [1.54, 1.807) is 0 Å². The molecule has 2 nitrogen and oxygen atoms in total. The van der Waals surface area contributed by atoms with Crippen molar-refractivity contribution in [2.75, 3.05) is 0 Å². The van der Waals surface area contributed by atoms with Crippen LogP contribution >= 0.6 is 0 Å². The van der Waals surface area contributed by atoms with Crippen LogP contribution < -0.4 is 5.32 Å². The average molecular weight is 184 g/mol. The van der Waals surface area contributed by atoms with Crippen molar-refractivity contribution < 1.29 is 0 Å². The lowest BCUT2D eigenvalue weighted by Gasteiger charge is -2.18. The van der Waals surface area contributed by atoms with Crippen LogP contribution in [0.1, 0.15) is 18.1 Å². The van der Waals surface area contributed by atoms with E-state index in [1.165, 1.54) is 22.4 Å². The van der Waals surface area contributed by atoms with E-state index in [-0.39, 0.29) is 6.17 Å². The number of nitrogens with one attached hydrogen (secondary N) is 1. The van der Waals surface area contributed by atoms with Gasteiger partial charge >= 0.3 is 0 Å². The Bertz CT molecular complexity index is 443. The number of benzene rings is 1. The first-order valence-corrected chi connectivity index (χ1v) is 4.96. The highest BCUT2D eigenvalue weighted by Crippen LogP contribution is 2.31. The molecule has 0 spiro atoms. The minimum atomic E-state index is 0.208. The van der Waals surface area contributed by atoms with E-state index < -0.39 is 0 Å². The van der Waals surface area contributed by atoms with Gasteiger partial charge in [-0.1, -0.05) is 24.3 Å². The molecule has 1 N–H and O–H groups in total. The molecule has 70 valence electrons. The predicted molar refractivity (Wildman–Crippen MR) is 58.2 cm³/mol. The van der Waals surface area contributed by atoms with Crippen molar-refractivity contribution in [1.82, 2.24) is 5.32 Å². The Morgan fingerprint density at radius 3 is 3.14 bits per heavy atom. The van der Waals surface area contributed by atoms with E-state index in [0.29, 0.717) is 0 Å². The van der Waals surface area contributed by atoms with Crippen LogP contribution in [0, 0.1) is 0 Å². The average Bonchev–Trinajstić information content (AvgIpc) is 2.56. The molecule has 1 aliphatic heterocycles. The number of aliphatic imine (C=N–C) groups is 1. The largest absolute Gasteiger partial charge is 0.363 e. The first-order chi connectivity index (χ1) is 6.84. The summed E-state index contributed by atoms with van der Waals surface area (Å²) in [5.41, 5.74) is 5.36. The van der Waals surface area contributed by atoms with E-state index in [2.05, 4.69) is 41.5 Å². The topological polar surface area (TPSA) is 24.4 Å². The molecule has 0 aromatic heterocycles. The fraction of sp³-hybridized carbons (Fsp3) is 0.250. The first-order valence-electron chi connectivity index (χ1n) is 4.96. The highest BCUT2D eigenvalue weighted by molar-refractivity contribution is 5.96. The van der Waals surface area contributed by atoms with Crippen molar-refractivity contribution in [1.29, 1.82) is 0 Å². The van der Waals surface area contributed by atoms with Crippen LogP contribution in [0.3, 0.4) is 0 Å². The van der Waals surface area contributed by atoms with Crippen molar-refractivity contribution in [2.24, 2.45) is 4.99 Å². The number of allylic oxidation sites excluding steroid dienone is 1. The maximum Gasteiger partial charge on any atom is 0.115 e. The maximum absolute atomic E-state index is 4.36. The highest BCUT2D eigenvalue weighted by atomic mass is 15.1. The summed E-state index contributed by atoms with van der Waals surface area (Å²) in [6.07, 6.45) is 3.24. The van der Waals surface area contributed by atoms with Crippen LogP contribution in [-0.2, 0) is 6.42 Å². The van der Waals surface area contributed by atoms with E-state index in [1.807, 2.05) is 6.21 Å². The second kappa shape index (κ2) is 2.71. The molecule has 1 unspecified atom stereocenters. The fourth-order valence-electron chi connectivity index (χ4n) is 2.11. The quantitative estimate of drug-likeness (QED) is 0.655. The fourth-order valence-corrected chi connectivity index (χ4v) is 2.11. The third-order valence-electron chi connectivity index (χ3n) is 2.80. The summed E-state index contributed by atoms with van der Waals surface area (Å²) < 4.78 is 0. The number of fused-ring (bicyclic) bond motifs is 2. The lowest BCUT2D eigenvalue weighted by Crippen LogP contribution is -2.26. The van der Waals surface area contributed by atoms with Crippen LogP contribution in [0.4, 0.5) is 0 Å². The molecule has 2 heteroatoms. The monoisotopic (exact) mass is 184 g/mol. The Labute approximate surface area is 83.4 Å². The van der Waals surface area contributed by atoms with Gasteiger partial charge in [0, 0.05) is 23.9 Å². The van der Waals surface area contributed by atoms with Gasteiger partial charge in [-0.05, 0) is 18.1 Å². The van der Waals surface area contributed by atoms with E-state index in [4.69, 9.17) is 0 Å². The molecule has 0 amide bonds. The van der Waals surface area contributed by atoms with E-state index >= 15 is 0 Å². The summed E-state index contributed by atoms with van der Waals surface area (Å²) in [4.78, 5) is 4.36. The molecular formula is C12H12N2. The molecule has 0 saturated heterocycles. The second-order valence-corrected chi connectivity index (χ2v) is 3.83. The molecule has 3 rings (SSSR count). The van der Waals surface area contributed by atoms with Gasteiger partial charge in [-0.15, -0.1) is 0 Å². The van der Waals surface area contributed by atoms with Crippen molar-refractivity contribution in [3.05, 3.63) is 41.0 Å². The Balaban J connectivity index is 2.12. The van der Waals surface area contributed by atoms with Gasteiger partial charge in [0.2, 0.25) is 0 Å². The molecule has 1 aliphatic carbocycles. The lowest BCUT2D eigenvalue weighted by molar-refractivity contribution is 0.681. The number of rotatable bonds is 0. The number of hydrogen-bond donors (Lipinski definition) is 1. The zero-order valence-electron chi connectivity index (χ0n) is 8.12. The summed E-state index contributed by atoms with van der Waals surface area (Å²) in [6, 6.07) is 8.55. The molecule has 0 radical (unpaired) electrons. The zero-order chi connectivity index (χ0) is 9.54. The van der Waals surface area contributed by atoms with E-state index in [0.717, 1.165) is 6.42 Å². The third-order valence-corrected chi connectivity index (χ3v) is 2.80. The van der Waals surface area contributed by atoms with Gasteiger partial charge in [0.25, 0.3) is 0 Å². The summed E-state index contributed by atoms with van der Waals surface area (Å²) in [6.45, 7) is 2.07. The summed E-state index contributed by atoms with van der Waals surface area (Å²) in [5, 5.41) is 3.42. The molecule has 2 aliphatic rings. The minimum absolute atomic E-state index is 0.208.